The fourth-order valence-corrected chi connectivity index (χ4v) is 2.38. The Morgan fingerprint density at radius 2 is 2.27 bits per heavy atom. The van der Waals surface area contributed by atoms with E-state index < -0.39 is 17.6 Å². The summed E-state index contributed by atoms with van der Waals surface area (Å²) in [4.78, 5) is 30.7. The lowest BCUT2D eigenvalue weighted by Crippen LogP contribution is -2.40. The average molecular weight is 368 g/mol. The third-order valence-corrected chi connectivity index (χ3v) is 4.02. The first-order chi connectivity index (χ1) is 12.5. The van der Waals surface area contributed by atoms with Crippen LogP contribution in [0.5, 0.6) is 0 Å². The van der Waals surface area contributed by atoms with Gasteiger partial charge < -0.3 is 5.32 Å². The summed E-state index contributed by atoms with van der Waals surface area (Å²) in [7, 11) is 0. The van der Waals surface area contributed by atoms with Crippen molar-refractivity contribution in [1.82, 2.24) is 20.5 Å². The van der Waals surface area contributed by atoms with Gasteiger partial charge in [-0.3, -0.25) is 25.6 Å². The predicted molar refractivity (Wildman–Crippen MR) is 92.6 cm³/mol. The van der Waals surface area contributed by atoms with Crippen LogP contribution in [0.3, 0.4) is 0 Å². The number of nitrogens with zero attached hydrogens (tertiary/aromatic N) is 3. The third-order valence-electron chi connectivity index (χ3n) is 4.02. The van der Waals surface area contributed by atoms with Gasteiger partial charge in [0.05, 0.1) is 18.7 Å². The van der Waals surface area contributed by atoms with Crippen LogP contribution < -0.4 is 16.2 Å². The molecule has 0 saturated heterocycles. The molecule has 1 saturated carbocycles. The highest BCUT2D eigenvalue weighted by molar-refractivity contribution is 5.80. The number of hydroxylamine groups is 2. The predicted octanol–water partition coefficient (Wildman–Crippen LogP) is 1.68. The molecule has 144 valence electrons. The summed E-state index contributed by atoms with van der Waals surface area (Å²) in [6.45, 7) is 1.93. The van der Waals surface area contributed by atoms with Gasteiger partial charge in [0.25, 0.3) is 0 Å². The van der Waals surface area contributed by atoms with E-state index in [1.807, 2.05) is 6.92 Å². The monoisotopic (exact) mass is 368 g/mol. The van der Waals surface area contributed by atoms with Crippen LogP contribution in [0.2, 0.25) is 0 Å². The second kappa shape index (κ2) is 9.85. The molecule has 0 spiro atoms. The van der Waals surface area contributed by atoms with E-state index in [0.717, 1.165) is 38.3 Å². The van der Waals surface area contributed by atoms with E-state index in [1.165, 1.54) is 0 Å². The number of unbranched alkanes of at least 4 members (excludes halogenated alkanes) is 2. The molecule has 1 fully saturated rings. The van der Waals surface area contributed by atoms with Gasteiger partial charge in [-0.25, -0.2) is 14.4 Å². The molecule has 2 rings (SSSR count). The SMILES string of the molecule is CCCCC[C@@H](CN(O)C=O)C(=O)NNc1ncc(F)c(NC2CC2)n1. The molecule has 26 heavy (non-hydrogen) atoms. The molecule has 0 radical (unpaired) electrons. The van der Waals surface area contributed by atoms with E-state index in [4.69, 9.17) is 0 Å². The van der Waals surface area contributed by atoms with Crippen molar-refractivity contribution in [2.45, 2.75) is 51.5 Å². The topological polar surface area (TPSA) is 119 Å². The highest BCUT2D eigenvalue weighted by Gasteiger charge is 2.24. The van der Waals surface area contributed by atoms with Crippen LogP contribution in [0.4, 0.5) is 16.2 Å². The van der Waals surface area contributed by atoms with Crippen LogP contribution in [-0.4, -0.2) is 45.1 Å². The Hall–Kier alpha value is -2.49. The number of carbonyl (C=O) groups is 2. The number of aromatic nitrogens is 2. The highest BCUT2D eigenvalue weighted by atomic mass is 19.1. The molecule has 10 heteroatoms. The van der Waals surface area contributed by atoms with Crippen LogP contribution in [-0.2, 0) is 9.59 Å². The second-order valence-corrected chi connectivity index (χ2v) is 6.34. The molecular formula is C16H25FN6O3. The van der Waals surface area contributed by atoms with Crippen molar-refractivity contribution in [2.75, 3.05) is 17.3 Å². The van der Waals surface area contributed by atoms with Gasteiger partial charge in [-0.15, -0.1) is 0 Å². The summed E-state index contributed by atoms with van der Waals surface area (Å²) in [6, 6.07) is 0.226. The lowest BCUT2D eigenvalue weighted by Gasteiger charge is -2.19. The Labute approximate surface area is 151 Å². The molecule has 1 aliphatic rings. The first-order valence-electron chi connectivity index (χ1n) is 8.79. The van der Waals surface area contributed by atoms with Crippen LogP contribution >= 0.6 is 0 Å². The van der Waals surface area contributed by atoms with Gasteiger partial charge in [0, 0.05) is 6.04 Å². The molecule has 0 aliphatic heterocycles. The van der Waals surface area contributed by atoms with Crippen LogP contribution in [0, 0.1) is 11.7 Å². The lowest BCUT2D eigenvalue weighted by atomic mass is 10.0. The molecule has 1 atom stereocenters. The van der Waals surface area contributed by atoms with Crippen molar-refractivity contribution in [2.24, 2.45) is 5.92 Å². The Morgan fingerprint density at radius 3 is 2.92 bits per heavy atom. The zero-order valence-corrected chi connectivity index (χ0v) is 14.7. The molecule has 2 amide bonds. The molecule has 1 aliphatic carbocycles. The zero-order chi connectivity index (χ0) is 18.9. The summed E-state index contributed by atoms with van der Waals surface area (Å²) >= 11 is 0. The Morgan fingerprint density at radius 1 is 1.50 bits per heavy atom. The smallest absolute Gasteiger partial charge is 0.243 e. The number of halogens is 1. The number of hydrazine groups is 1. The summed E-state index contributed by atoms with van der Waals surface area (Å²) in [6.07, 6.45) is 6.46. The first kappa shape index (κ1) is 19.8. The van der Waals surface area contributed by atoms with Gasteiger partial charge in [0.2, 0.25) is 18.3 Å². The summed E-state index contributed by atoms with van der Waals surface area (Å²) < 4.78 is 13.7. The largest absolute Gasteiger partial charge is 0.365 e. The normalized spacial score (nSPS) is 14.4. The quantitative estimate of drug-likeness (QED) is 0.192. The summed E-state index contributed by atoms with van der Waals surface area (Å²) in [5.74, 6) is -1.43. The van der Waals surface area contributed by atoms with E-state index in [2.05, 4.69) is 26.1 Å². The van der Waals surface area contributed by atoms with Crippen molar-refractivity contribution in [3.8, 4) is 0 Å². The third kappa shape index (κ3) is 6.43. The van der Waals surface area contributed by atoms with E-state index in [9.17, 15) is 19.2 Å². The number of nitrogens with one attached hydrogen (secondary N) is 3. The van der Waals surface area contributed by atoms with Crippen molar-refractivity contribution in [1.29, 1.82) is 0 Å². The van der Waals surface area contributed by atoms with Crippen LogP contribution in [0.15, 0.2) is 6.20 Å². The van der Waals surface area contributed by atoms with Crippen molar-refractivity contribution in [3.05, 3.63) is 12.0 Å². The van der Waals surface area contributed by atoms with Gasteiger partial charge in [0.15, 0.2) is 11.6 Å². The average Bonchev–Trinajstić information content (AvgIpc) is 3.45. The number of carbonyl (C=O) groups excluding carboxylic acids is 2. The number of rotatable bonds is 12. The van der Waals surface area contributed by atoms with Gasteiger partial charge in [-0.1, -0.05) is 26.2 Å². The summed E-state index contributed by atoms with van der Waals surface area (Å²) in [5, 5.41) is 12.8. The minimum Gasteiger partial charge on any atom is -0.365 e. The molecule has 0 bridgehead atoms. The number of amides is 2. The minimum atomic E-state index is -0.589. The fraction of sp³-hybridized carbons (Fsp3) is 0.625. The molecular weight excluding hydrogens is 343 g/mol. The molecule has 1 aromatic heterocycles. The Balaban J connectivity index is 1.91. The molecule has 0 aromatic carbocycles. The van der Waals surface area contributed by atoms with E-state index in [1.54, 1.807) is 0 Å². The van der Waals surface area contributed by atoms with Gasteiger partial charge in [0.1, 0.15) is 0 Å². The standard InChI is InChI=1S/C16H25FN6O3/c1-2-3-4-5-11(9-23(26)10-24)15(25)21-22-16-18-8-13(17)14(20-16)19-12-6-7-12/h8,10-12,26H,2-7,9H2,1H3,(H,21,25)(H2,18,19,20,22)/t11-/m0/s1. The van der Waals surface area contributed by atoms with Crippen molar-refractivity contribution >= 4 is 24.1 Å². The fourth-order valence-electron chi connectivity index (χ4n) is 2.38. The summed E-state index contributed by atoms with van der Waals surface area (Å²) in [5.41, 5.74) is 5.00. The molecule has 1 heterocycles. The Bertz CT molecular complexity index is 614. The van der Waals surface area contributed by atoms with Gasteiger partial charge >= 0.3 is 0 Å². The zero-order valence-electron chi connectivity index (χ0n) is 14.7. The van der Waals surface area contributed by atoms with E-state index >= 15 is 0 Å². The molecule has 0 unspecified atom stereocenters. The maximum atomic E-state index is 13.7. The maximum absolute atomic E-state index is 13.7. The number of hydrogen-bond donors (Lipinski definition) is 4. The maximum Gasteiger partial charge on any atom is 0.243 e. The van der Waals surface area contributed by atoms with Crippen molar-refractivity contribution in [3.63, 3.8) is 0 Å². The number of hydrogen-bond acceptors (Lipinski definition) is 7. The van der Waals surface area contributed by atoms with E-state index in [-0.39, 0.29) is 30.8 Å². The lowest BCUT2D eigenvalue weighted by molar-refractivity contribution is -0.154. The van der Waals surface area contributed by atoms with Crippen molar-refractivity contribution < 1.29 is 19.2 Å². The molecule has 4 N–H and O–H groups in total. The van der Waals surface area contributed by atoms with Gasteiger partial charge in [-0.05, 0) is 19.3 Å². The minimum absolute atomic E-state index is 0.0476. The Kier molecular flexibility index (Phi) is 7.52. The van der Waals surface area contributed by atoms with Crippen LogP contribution in [0.1, 0.15) is 45.4 Å². The van der Waals surface area contributed by atoms with Gasteiger partial charge in [-0.2, -0.15) is 4.98 Å². The molecule has 9 nitrogen and oxygen atoms in total. The van der Waals surface area contributed by atoms with Crippen LogP contribution in [0.25, 0.3) is 0 Å². The van der Waals surface area contributed by atoms with E-state index in [0.29, 0.717) is 11.5 Å². The second-order valence-electron chi connectivity index (χ2n) is 6.34. The first-order valence-corrected chi connectivity index (χ1v) is 8.79. The highest BCUT2D eigenvalue weighted by Crippen LogP contribution is 2.25. The number of anilines is 2. The molecule has 1 aromatic rings.